The van der Waals surface area contributed by atoms with Gasteiger partial charge in [-0.1, -0.05) is 26.8 Å². The molecule has 0 aliphatic carbocycles. The molecule has 0 aliphatic heterocycles. The number of halogens is 2. The van der Waals surface area contributed by atoms with Crippen molar-refractivity contribution in [2.24, 2.45) is 11.1 Å². The molecule has 0 saturated carbocycles. The van der Waals surface area contributed by atoms with E-state index in [0.29, 0.717) is 6.42 Å². The predicted molar refractivity (Wildman–Crippen MR) is 57.5 cm³/mol. The van der Waals surface area contributed by atoms with E-state index < -0.39 is 11.6 Å². The van der Waals surface area contributed by atoms with Crippen molar-refractivity contribution in [2.45, 2.75) is 33.2 Å². The Morgan fingerprint density at radius 2 is 1.80 bits per heavy atom. The molecule has 0 amide bonds. The number of benzene rings is 1. The van der Waals surface area contributed by atoms with E-state index in [2.05, 4.69) is 0 Å². The van der Waals surface area contributed by atoms with Crippen LogP contribution in [0.2, 0.25) is 0 Å². The fourth-order valence-corrected chi connectivity index (χ4v) is 1.23. The highest BCUT2D eigenvalue weighted by atomic mass is 19.2. The molecule has 0 spiro atoms. The zero-order valence-corrected chi connectivity index (χ0v) is 9.35. The smallest absolute Gasteiger partial charge is 0.159 e. The van der Waals surface area contributed by atoms with Gasteiger partial charge in [-0.2, -0.15) is 0 Å². The molecule has 1 nitrogen and oxygen atoms in total. The lowest BCUT2D eigenvalue weighted by Crippen LogP contribution is -2.36. The van der Waals surface area contributed by atoms with Crippen LogP contribution >= 0.6 is 0 Å². The largest absolute Gasteiger partial charge is 0.327 e. The summed E-state index contributed by atoms with van der Waals surface area (Å²) >= 11 is 0. The van der Waals surface area contributed by atoms with Gasteiger partial charge in [0.25, 0.3) is 0 Å². The van der Waals surface area contributed by atoms with Crippen LogP contribution in [0.1, 0.15) is 26.3 Å². The van der Waals surface area contributed by atoms with Crippen LogP contribution in [0.15, 0.2) is 18.2 Å². The van der Waals surface area contributed by atoms with Crippen LogP contribution in [0, 0.1) is 17.0 Å². The highest BCUT2D eigenvalue weighted by Crippen LogP contribution is 2.21. The Bertz CT molecular complexity index is 342. The average molecular weight is 213 g/mol. The van der Waals surface area contributed by atoms with Crippen LogP contribution in [0.5, 0.6) is 0 Å². The molecule has 1 atom stereocenters. The number of rotatable bonds is 2. The molecule has 1 aromatic carbocycles. The van der Waals surface area contributed by atoms with Crippen LogP contribution < -0.4 is 5.73 Å². The van der Waals surface area contributed by atoms with E-state index in [0.717, 1.165) is 11.6 Å². The van der Waals surface area contributed by atoms with Crippen LogP contribution in [0.3, 0.4) is 0 Å². The lowest BCUT2D eigenvalue weighted by Gasteiger charge is -2.27. The lowest BCUT2D eigenvalue weighted by atomic mass is 9.84. The fraction of sp³-hybridized carbons (Fsp3) is 0.500. The first-order valence-corrected chi connectivity index (χ1v) is 5.00. The maximum atomic E-state index is 12.9. The SMILES string of the molecule is CC(C)(C)C(N)Cc1ccc(F)c(F)c1. The molecule has 0 radical (unpaired) electrons. The van der Waals surface area contributed by atoms with Gasteiger partial charge in [-0.15, -0.1) is 0 Å². The van der Waals surface area contributed by atoms with E-state index in [-0.39, 0.29) is 11.5 Å². The van der Waals surface area contributed by atoms with E-state index >= 15 is 0 Å². The zero-order valence-electron chi connectivity index (χ0n) is 9.35. The maximum absolute atomic E-state index is 12.9. The summed E-state index contributed by atoms with van der Waals surface area (Å²) in [6.07, 6.45) is 0.556. The van der Waals surface area contributed by atoms with Crippen molar-refractivity contribution in [2.75, 3.05) is 0 Å². The quantitative estimate of drug-likeness (QED) is 0.803. The third-order valence-corrected chi connectivity index (χ3v) is 2.55. The molecule has 1 aromatic rings. The van der Waals surface area contributed by atoms with Crippen molar-refractivity contribution in [1.82, 2.24) is 0 Å². The van der Waals surface area contributed by atoms with Gasteiger partial charge >= 0.3 is 0 Å². The number of nitrogens with two attached hydrogens (primary N) is 1. The van der Waals surface area contributed by atoms with Gasteiger partial charge in [0.05, 0.1) is 0 Å². The van der Waals surface area contributed by atoms with E-state index in [1.54, 1.807) is 6.07 Å². The van der Waals surface area contributed by atoms with Gasteiger partial charge in [-0.25, -0.2) is 8.78 Å². The fourth-order valence-electron chi connectivity index (χ4n) is 1.23. The summed E-state index contributed by atoms with van der Waals surface area (Å²) in [4.78, 5) is 0. The Hall–Kier alpha value is -0.960. The molecule has 1 unspecified atom stereocenters. The lowest BCUT2D eigenvalue weighted by molar-refractivity contribution is 0.318. The molecule has 84 valence electrons. The predicted octanol–water partition coefficient (Wildman–Crippen LogP) is 2.88. The molecular weight excluding hydrogens is 196 g/mol. The summed E-state index contributed by atoms with van der Waals surface area (Å²) in [5.41, 5.74) is 6.65. The molecule has 0 aliphatic rings. The van der Waals surface area contributed by atoms with Gasteiger partial charge in [0, 0.05) is 6.04 Å². The van der Waals surface area contributed by atoms with Crippen molar-refractivity contribution in [3.8, 4) is 0 Å². The molecular formula is C12H17F2N. The topological polar surface area (TPSA) is 26.0 Å². The standard InChI is InChI=1S/C12H17F2N/c1-12(2,3)11(15)7-8-4-5-9(13)10(14)6-8/h4-6,11H,7,15H2,1-3H3. The molecule has 1 rings (SSSR count). The molecule has 0 aromatic heterocycles. The summed E-state index contributed by atoms with van der Waals surface area (Å²) in [5, 5.41) is 0. The normalized spacial score (nSPS) is 14.0. The highest BCUT2D eigenvalue weighted by Gasteiger charge is 2.20. The summed E-state index contributed by atoms with van der Waals surface area (Å²) in [6, 6.07) is 3.85. The molecule has 3 heteroatoms. The Morgan fingerprint density at radius 3 is 2.27 bits per heavy atom. The molecule has 0 fully saturated rings. The van der Waals surface area contributed by atoms with Gasteiger partial charge in [0.2, 0.25) is 0 Å². The minimum absolute atomic E-state index is 0.0368. The second-order valence-electron chi connectivity index (χ2n) is 4.93. The van der Waals surface area contributed by atoms with Gasteiger partial charge in [0.1, 0.15) is 0 Å². The van der Waals surface area contributed by atoms with Crippen molar-refractivity contribution in [3.63, 3.8) is 0 Å². The number of hydrogen-bond acceptors (Lipinski definition) is 1. The first kappa shape index (κ1) is 12.1. The van der Waals surface area contributed by atoms with E-state index in [1.807, 2.05) is 20.8 Å². The number of hydrogen-bond donors (Lipinski definition) is 1. The summed E-state index contributed by atoms with van der Waals surface area (Å²) in [5.74, 6) is -1.63. The summed E-state index contributed by atoms with van der Waals surface area (Å²) < 4.78 is 25.6. The van der Waals surface area contributed by atoms with Gasteiger partial charge < -0.3 is 5.73 Å². The zero-order chi connectivity index (χ0) is 11.6. The molecule has 15 heavy (non-hydrogen) atoms. The van der Waals surface area contributed by atoms with Crippen molar-refractivity contribution < 1.29 is 8.78 Å². The monoisotopic (exact) mass is 213 g/mol. The minimum atomic E-state index is -0.817. The van der Waals surface area contributed by atoms with E-state index in [1.165, 1.54) is 6.07 Å². The molecule has 0 bridgehead atoms. The Kier molecular flexibility index (Phi) is 3.45. The van der Waals surface area contributed by atoms with E-state index in [9.17, 15) is 8.78 Å². The first-order chi connectivity index (χ1) is 6.80. The summed E-state index contributed by atoms with van der Waals surface area (Å²) in [7, 11) is 0. The first-order valence-electron chi connectivity index (χ1n) is 5.00. The van der Waals surface area contributed by atoms with Crippen molar-refractivity contribution in [1.29, 1.82) is 0 Å². The van der Waals surface area contributed by atoms with Crippen molar-refractivity contribution >= 4 is 0 Å². The van der Waals surface area contributed by atoms with Crippen LogP contribution in [-0.2, 0) is 6.42 Å². The summed E-state index contributed by atoms with van der Waals surface area (Å²) in [6.45, 7) is 6.08. The second-order valence-corrected chi connectivity index (χ2v) is 4.93. The second kappa shape index (κ2) is 4.27. The third-order valence-electron chi connectivity index (χ3n) is 2.55. The third kappa shape index (κ3) is 3.27. The van der Waals surface area contributed by atoms with Crippen LogP contribution in [0.4, 0.5) is 8.78 Å². The molecule has 0 heterocycles. The Morgan fingerprint density at radius 1 is 1.20 bits per heavy atom. The Labute approximate surface area is 89.3 Å². The van der Waals surface area contributed by atoms with Crippen LogP contribution in [0.25, 0.3) is 0 Å². The van der Waals surface area contributed by atoms with Gasteiger partial charge in [-0.05, 0) is 29.5 Å². The van der Waals surface area contributed by atoms with Crippen molar-refractivity contribution in [3.05, 3.63) is 35.4 Å². The average Bonchev–Trinajstić information content (AvgIpc) is 2.10. The van der Waals surface area contributed by atoms with Gasteiger partial charge in [-0.3, -0.25) is 0 Å². The maximum Gasteiger partial charge on any atom is 0.159 e. The Balaban J connectivity index is 2.78. The molecule has 2 N–H and O–H groups in total. The van der Waals surface area contributed by atoms with Gasteiger partial charge in [0.15, 0.2) is 11.6 Å². The molecule has 0 saturated heterocycles. The highest BCUT2D eigenvalue weighted by molar-refractivity contribution is 5.19. The minimum Gasteiger partial charge on any atom is -0.327 e. The van der Waals surface area contributed by atoms with E-state index in [4.69, 9.17) is 5.73 Å². The van der Waals surface area contributed by atoms with Crippen LogP contribution in [-0.4, -0.2) is 6.04 Å².